The van der Waals surface area contributed by atoms with Crippen LogP contribution in [0, 0.1) is 6.92 Å². The first-order chi connectivity index (χ1) is 13.7. The molecule has 2 heterocycles. The highest BCUT2D eigenvalue weighted by Gasteiger charge is 2.17. The Balaban J connectivity index is 1.46. The van der Waals surface area contributed by atoms with Crippen LogP contribution in [0.15, 0.2) is 60.8 Å². The second kappa shape index (κ2) is 8.21. The van der Waals surface area contributed by atoms with E-state index in [1.807, 2.05) is 35.2 Å². The maximum Gasteiger partial charge on any atom is 0.253 e. The molecule has 2 aromatic carbocycles. The van der Waals surface area contributed by atoms with Crippen molar-refractivity contribution in [2.75, 3.05) is 18.4 Å². The van der Waals surface area contributed by atoms with E-state index in [0.29, 0.717) is 5.95 Å². The van der Waals surface area contributed by atoms with E-state index in [1.165, 1.54) is 12.0 Å². The minimum Gasteiger partial charge on any atom is -0.339 e. The average Bonchev–Trinajstić information content (AvgIpc) is 2.75. The smallest absolute Gasteiger partial charge is 0.253 e. The van der Waals surface area contributed by atoms with Crippen molar-refractivity contribution in [1.82, 2.24) is 14.9 Å². The van der Waals surface area contributed by atoms with E-state index in [4.69, 9.17) is 0 Å². The number of carbonyl (C=O) groups is 1. The lowest BCUT2D eigenvalue weighted by Crippen LogP contribution is -2.35. The Morgan fingerprint density at radius 1 is 0.929 bits per heavy atom. The molecule has 0 unspecified atom stereocenters. The zero-order valence-corrected chi connectivity index (χ0v) is 16.1. The zero-order valence-electron chi connectivity index (χ0n) is 16.1. The molecule has 0 aliphatic carbocycles. The van der Waals surface area contributed by atoms with Crippen molar-refractivity contribution in [2.24, 2.45) is 0 Å². The minimum atomic E-state index is 0.115. The minimum absolute atomic E-state index is 0.115. The monoisotopic (exact) mass is 372 g/mol. The van der Waals surface area contributed by atoms with Crippen LogP contribution in [0.25, 0.3) is 11.3 Å². The van der Waals surface area contributed by atoms with Crippen molar-refractivity contribution in [3.63, 3.8) is 0 Å². The van der Waals surface area contributed by atoms with Crippen molar-refractivity contribution < 1.29 is 4.79 Å². The van der Waals surface area contributed by atoms with Crippen LogP contribution in [0.4, 0.5) is 11.6 Å². The van der Waals surface area contributed by atoms with Gasteiger partial charge in [-0.1, -0.05) is 29.8 Å². The van der Waals surface area contributed by atoms with Gasteiger partial charge in [-0.3, -0.25) is 4.79 Å². The lowest BCUT2D eigenvalue weighted by molar-refractivity contribution is 0.0724. The number of nitrogens with one attached hydrogen (secondary N) is 1. The third-order valence-electron chi connectivity index (χ3n) is 5.03. The number of aromatic nitrogens is 2. The van der Waals surface area contributed by atoms with Gasteiger partial charge in [0, 0.05) is 36.1 Å². The molecular weight excluding hydrogens is 348 g/mol. The van der Waals surface area contributed by atoms with Gasteiger partial charge in [0.1, 0.15) is 0 Å². The molecule has 1 aromatic heterocycles. The largest absolute Gasteiger partial charge is 0.339 e. The Kier molecular flexibility index (Phi) is 5.33. The number of amides is 1. The molecular formula is C23H24N4O. The first-order valence-electron chi connectivity index (χ1n) is 9.75. The highest BCUT2D eigenvalue weighted by atomic mass is 16.2. The normalized spacial score (nSPS) is 14.0. The van der Waals surface area contributed by atoms with Crippen LogP contribution in [0.1, 0.15) is 35.2 Å². The van der Waals surface area contributed by atoms with E-state index in [9.17, 15) is 4.79 Å². The van der Waals surface area contributed by atoms with Gasteiger partial charge in [0.05, 0.1) is 5.69 Å². The third kappa shape index (κ3) is 4.19. The number of hydrogen-bond acceptors (Lipinski definition) is 4. The van der Waals surface area contributed by atoms with E-state index >= 15 is 0 Å². The molecule has 1 N–H and O–H groups in total. The number of piperidine rings is 1. The molecule has 1 aliphatic heterocycles. The number of rotatable bonds is 4. The van der Waals surface area contributed by atoms with Gasteiger partial charge in [0.15, 0.2) is 0 Å². The predicted octanol–water partition coefficient (Wildman–Crippen LogP) is 4.82. The maximum absolute atomic E-state index is 12.6. The standard InChI is InChI=1S/C23H24N4O/c1-17-5-7-18(8-6-17)21-13-14-24-23(26-21)25-20-11-9-19(10-12-20)22(28)27-15-3-2-4-16-27/h5-14H,2-4,15-16H2,1H3,(H,24,25,26). The number of anilines is 2. The molecule has 1 fully saturated rings. The SMILES string of the molecule is Cc1ccc(-c2ccnc(Nc3ccc(C(=O)N4CCCCC4)cc3)n2)cc1. The highest BCUT2D eigenvalue weighted by molar-refractivity contribution is 5.94. The van der Waals surface area contributed by atoms with Gasteiger partial charge >= 0.3 is 0 Å². The topological polar surface area (TPSA) is 58.1 Å². The molecule has 5 nitrogen and oxygen atoms in total. The van der Waals surface area contributed by atoms with Gasteiger partial charge in [-0.25, -0.2) is 9.97 Å². The van der Waals surface area contributed by atoms with Crippen molar-refractivity contribution in [2.45, 2.75) is 26.2 Å². The van der Waals surface area contributed by atoms with Crippen LogP contribution in [-0.4, -0.2) is 33.9 Å². The fourth-order valence-electron chi connectivity index (χ4n) is 3.41. The zero-order chi connectivity index (χ0) is 19.3. The number of carbonyl (C=O) groups excluding carboxylic acids is 1. The van der Waals surface area contributed by atoms with Crippen LogP contribution in [0.5, 0.6) is 0 Å². The van der Waals surface area contributed by atoms with Gasteiger partial charge in [-0.15, -0.1) is 0 Å². The fraction of sp³-hybridized carbons (Fsp3) is 0.261. The van der Waals surface area contributed by atoms with Crippen LogP contribution in [0.2, 0.25) is 0 Å². The van der Waals surface area contributed by atoms with E-state index < -0.39 is 0 Å². The summed E-state index contributed by atoms with van der Waals surface area (Å²) < 4.78 is 0. The molecule has 1 amide bonds. The summed E-state index contributed by atoms with van der Waals surface area (Å²) in [6.45, 7) is 3.79. The maximum atomic E-state index is 12.6. The molecule has 0 atom stereocenters. The molecule has 0 saturated carbocycles. The molecule has 4 rings (SSSR count). The van der Waals surface area contributed by atoms with Crippen molar-refractivity contribution in [3.05, 3.63) is 71.9 Å². The van der Waals surface area contributed by atoms with Crippen LogP contribution in [-0.2, 0) is 0 Å². The summed E-state index contributed by atoms with van der Waals surface area (Å²) in [4.78, 5) is 23.4. The Morgan fingerprint density at radius 3 is 2.36 bits per heavy atom. The molecule has 0 spiro atoms. The fourth-order valence-corrected chi connectivity index (χ4v) is 3.41. The number of hydrogen-bond donors (Lipinski definition) is 1. The Labute approximate surface area is 165 Å². The quantitative estimate of drug-likeness (QED) is 0.713. The van der Waals surface area contributed by atoms with Gasteiger partial charge < -0.3 is 10.2 Å². The lowest BCUT2D eigenvalue weighted by atomic mass is 10.1. The van der Waals surface area contributed by atoms with Crippen LogP contribution < -0.4 is 5.32 Å². The van der Waals surface area contributed by atoms with Crippen molar-refractivity contribution in [3.8, 4) is 11.3 Å². The molecule has 3 aromatic rings. The van der Waals surface area contributed by atoms with E-state index in [1.54, 1.807) is 6.20 Å². The van der Waals surface area contributed by atoms with Crippen LogP contribution >= 0.6 is 0 Å². The summed E-state index contributed by atoms with van der Waals surface area (Å²) in [5, 5.41) is 3.22. The summed E-state index contributed by atoms with van der Waals surface area (Å²) in [5.74, 6) is 0.650. The summed E-state index contributed by atoms with van der Waals surface area (Å²) in [7, 11) is 0. The number of aryl methyl sites for hydroxylation is 1. The first-order valence-corrected chi connectivity index (χ1v) is 9.75. The van der Waals surface area contributed by atoms with E-state index in [-0.39, 0.29) is 5.91 Å². The van der Waals surface area contributed by atoms with Crippen LogP contribution in [0.3, 0.4) is 0 Å². The Hall–Kier alpha value is -3.21. The highest BCUT2D eigenvalue weighted by Crippen LogP contribution is 2.21. The first kappa shape index (κ1) is 18.2. The molecule has 0 bridgehead atoms. The van der Waals surface area contributed by atoms with Crippen molar-refractivity contribution in [1.29, 1.82) is 0 Å². The van der Waals surface area contributed by atoms with Gasteiger partial charge in [-0.05, 0) is 56.5 Å². The molecule has 0 radical (unpaired) electrons. The number of nitrogens with zero attached hydrogens (tertiary/aromatic N) is 3. The van der Waals surface area contributed by atoms with Gasteiger partial charge in [0.2, 0.25) is 5.95 Å². The lowest BCUT2D eigenvalue weighted by Gasteiger charge is -2.26. The molecule has 28 heavy (non-hydrogen) atoms. The molecule has 1 aliphatic rings. The summed E-state index contributed by atoms with van der Waals surface area (Å²) >= 11 is 0. The predicted molar refractivity (Wildman–Crippen MR) is 112 cm³/mol. The van der Waals surface area contributed by atoms with Crippen molar-refractivity contribution >= 4 is 17.5 Å². The molecule has 1 saturated heterocycles. The third-order valence-corrected chi connectivity index (χ3v) is 5.03. The van der Waals surface area contributed by atoms with E-state index in [2.05, 4.69) is 46.5 Å². The van der Waals surface area contributed by atoms with Gasteiger partial charge in [0.25, 0.3) is 5.91 Å². The number of likely N-dealkylation sites (tertiary alicyclic amines) is 1. The average molecular weight is 372 g/mol. The molecule has 5 heteroatoms. The van der Waals surface area contributed by atoms with Gasteiger partial charge in [-0.2, -0.15) is 0 Å². The summed E-state index contributed by atoms with van der Waals surface area (Å²) in [6.07, 6.45) is 5.16. The second-order valence-electron chi connectivity index (χ2n) is 7.19. The summed E-state index contributed by atoms with van der Waals surface area (Å²) in [6, 6.07) is 17.7. The Bertz CT molecular complexity index is 945. The number of benzene rings is 2. The Morgan fingerprint density at radius 2 is 1.64 bits per heavy atom. The van der Waals surface area contributed by atoms with E-state index in [0.717, 1.165) is 48.4 Å². The second-order valence-corrected chi connectivity index (χ2v) is 7.19. The molecule has 142 valence electrons. The summed E-state index contributed by atoms with van der Waals surface area (Å²) in [5.41, 5.74) is 4.72.